The van der Waals surface area contributed by atoms with Gasteiger partial charge in [-0.05, 0) is 50.4 Å². The summed E-state index contributed by atoms with van der Waals surface area (Å²) in [5, 5.41) is 2.79. The molecular weight excluding hydrogens is 416 g/mol. The molecule has 27 heavy (non-hydrogen) atoms. The predicted molar refractivity (Wildman–Crippen MR) is 106 cm³/mol. The highest BCUT2D eigenvalue weighted by Crippen LogP contribution is 2.29. The average Bonchev–Trinajstić information content (AvgIpc) is 2.62. The number of carbonyl (C=O) groups excluding carboxylic acids is 1. The van der Waals surface area contributed by atoms with Crippen molar-refractivity contribution in [2.24, 2.45) is 0 Å². The number of benzene rings is 2. The van der Waals surface area contributed by atoms with E-state index in [0.29, 0.717) is 10.0 Å². The first-order chi connectivity index (χ1) is 12.8. The van der Waals surface area contributed by atoms with E-state index in [2.05, 4.69) is 38.1 Å². The molecule has 2 aromatic carbocycles. The number of carbonyl (C=O) groups is 1. The molecule has 144 valence electrons. The van der Waals surface area contributed by atoms with Crippen molar-refractivity contribution < 1.29 is 13.6 Å². The lowest BCUT2D eigenvalue weighted by molar-refractivity contribution is 0.0936. The first-order valence-electron chi connectivity index (χ1n) is 8.84. The maximum absolute atomic E-state index is 14.1. The Labute approximate surface area is 166 Å². The Morgan fingerprint density at radius 3 is 2.48 bits per heavy atom. The zero-order valence-corrected chi connectivity index (χ0v) is 16.9. The lowest BCUT2D eigenvalue weighted by atomic mass is 10.0. The van der Waals surface area contributed by atoms with E-state index in [1.807, 2.05) is 0 Å². The van der Waals surface area contributed by atoms with Crippen molar-refractivity contribution >= 4 is 27.5 Å². The quantitative estimate of drug-likeness (QED) is 0.785. The van der Waals surface area contributed by atoms with Crippen LogP contribution in [0.5, 0.6) is 0 Å². The van der Waals surface area contributed by atoms with E-state index < -0.39 is 17.8 Å². The van der Waals surface area contributed by atoms with Crippen LogP contribution in [0.25, 0.3) is 0 Å². The van der Waals surface area contributed by atoms with Gasteiger partial charge in [0.1, 0.15) is 11.6 Å². The minimum atomic E-state index is -0.604. The number of rotatable bonds is 4. The first kappa shape index (κ1) is 19.8. The normalized spacial score (nSPS) is 16.3. The number of nitrogens with one attached hydrogen (secondary N) is 1. The Morgan fingerprint density at radius 1 is 1.11 bits per heavy atom. The molecule has 1 saturated heterocycles. The van der Waals surface area contributed by atoms with Gasteiger partial charge in [0.05, 0.1) is 11.6 Å². The highest BCUT2D eigenvalue weighted by Gasteiger charge is 2.22. The number of halogens is 3. The van der Waals surface area contributed by atoms with Crippen molar-refractivity contribution in [1.82, 2.24) is 10.2 Å². The number of hydrogen-bond acceptors (Lipinski definition) is 3. The smallest absolute Gasteiger partial charge is 0.254 e. The highest BCUT2D eigenvalue weighted by atomic mass is 79.9. The number of anilines is 1. The van der Waals surface area contributed by atoms with E-state index in [1.165, 1.54) is 24.3 Å². The summed E-state index contributed by atoms with van der Waals surface area (Å²) in [5.74, 6) is -1.49. The van der Waals surface area contributed by atoms with Crippen molar-refractivity contribution in [1.29, 1.82) is 0 Å². The molecule has 1 atom stereocenters. The fraction of sp³-hybridized carbons (Fsp3) is 0.350. The molecule has 1 heterocycles. The first-order valence-corrected chi connectivity index (χ1v) is 9.63. The van der Waals surface area contributed by atoms with Crippen LogP contribution < -0.4 is 10.2 Å². The maximum atomic E-state index is 14.1. The Hall–Kier alpha value is -1.99. The van der Waals surface area contributed by atoms with Crippen molar-refractivity contribution in [3.05, 3.63) is 63.6 Å². The molecular formula is C20H22BrF2N3O. The van der Waals surface area contributed by atoms with E-state index in [9.17, 15) is 13.6 Å². The molecule has 2 aromatic rings. The summed E-state index contributed by atoms with van der Waals surface area (Å²) < 4.78 is 28.5. The van der Waals surface area contributed by atoms with Crippen LogP contribution in [-0.2, 0) is 0 Å². The Kier molecular flexibility index (Phi) is 6.11. The van der Waals surface area contributed by atoms with Crippen LogP contribution in [0.15, 0.2) is 40.9 Å². The summed E-state index contributed by atoms with van der Waals surface area (Å²) in [5.41, 5.74) is 1.54. The standard InChI is InChI=1S/C20H22BrF2N3O/c1-13(24-20(27)16-5-3-14(21)11-18(16)23)17-12-15(22)4-6-19(17)26-9-7-25(2)8-10-26/h3-6,11-13H,7-10H2,1-2H3,(H,24,27). The molecule has 0 aliphatic carbocycles. The molecule has 0 bridgehead atoms. The number of piperazine rings is 1. The summed E-state index contributed by atoms with van der Waals surface area (Å²) in [4.78, 5) is 16.9. The molecule has 0 aromatic heterocycles. The number of likely N-dealkylation sites (N-methyl/N-ethyl adjacent to an activating group) is 1. The number of hydrogen-bond donors (Lipinski definition) is 1. The van der Waals surface area contributed by atoms with E-state index >= 15 is 0 Å². The largest absolute Gasteiger partial charge is 0.369 e. The zero-order valence-electron chi connectivity index (χ0n) is 15.3. The van der Waals surface area contributed by atoms with Gasteiger partial charge in [0, 0.05) is 41.9 Å². The number of amides is 1. The second-order valence-corrected chi connectivity index (χ2v) is 7.73. The van der Waals surface area contributed by atoms with E-state index in [1.54, 1.807) is 19.1 Å². The van der Waals surface area contributed by atoms with Gasteiger partial charge < -0.3 is 15.1 Å². The van der Waals surface area contributed by atoms with Gasteiger partial charge in [-0.15, -0.1) is 0 Å². The lowest BCUT2D eigenvalue weighted by Crippen LogP contribution is -2.45. The molecule has 7 heteroatoms. The van der Waals surface area contributed by atoms with Gasteiger partial charge in [-0.2, -0.15) is 0 Å². The van der Waals surface area contributed by atoms with Crippen LogP contribution in [0.1, 0.15) is 28.9 Å². The van der Waals surface area contributed by atoms with Crippen molar-refractivity contribution in [2.75, 3.05) is 38.1 Å². The molecule has 1 fully saturated rings. The molecule has 1 aliphatic heterocycles. The Bertz CT molecular complexity index is 838. The van der Waals surface area contributed by atoms with Crippen LogP contribution in [0.2, 0.25) is 0 Å². The van der Waals surface area contributed by atoms with Crippen LogP contribution in [0.4, 0.5) is 14.5 Å². The fourth-order valence-corrected chi connectivity index (χ4v) is 3.57. The predicted octanol–water partition coefficient (Wildman–Crippen LogP) is 3.97. The van der Waals surface area contributed by atoms with Crippen molar-refractivity contribution in [2.45, 2.75) is 13.0 Å². The summed E-state index contributed by atoms with van der Waals surface area (Å²) in [6, 6.07) is 8.44. The monoisotopic (exact) mass is 437 g/mol. The minimum Gasteiger partial charge on any atom is -0.369 e. The maximum Gasteiger partial charge on any atom is 0.254 e. The highest BCUT2D eigenvalue weighted by molar-refractivity contribution is 9.10. The molecule has 1 unspecified atom stereocenters. The second-order valence-electron chi connectivity index (χ2n) is 6.81. The Morgan fingerprint density at radius 2 is 1.81 bits per heavy atom. The third-order valence-electron chi connectivity index (χ3n) is 4.82. The summed E-state index contributed by atoms with van der Waals surface area (Å²) >= 11 is 3.18. The zero-order chi connectivity index (χ0) is 19.6. The van der Waals surface area contributed by atoms with Gasteiger partial charge in [-0.3, -0.25) is 4.79 Å². The third kappa shape index (κ3) is 4.65. The van der Waals surface area contributed by atoms with Gasteiger partial charge in [-0.25, -0.2) is 8.78 Å². The van der Waals surface area contributed by atoms with Crippen molar-refractivity contribution in [3.8, 4) is 0 Å². The van der Waals surface area contributed by atoms with Gasteiger partial charge in [0.2, 0.25) is 0 Å². The molecule has 1 amide bonds. The summed E-state index contributed by atoms with van der Waals surface area (Å²) in [6.45, 7) is 5.28. The SMILES string of the molecule is CC(NC(=O)c1ccc(Br)cc1F)c1cc(F)ccc1N1CCN(C)CC1. The van der Waals surface area contributed by atoms with Crippen LogP contribution in [-0.4, -0.2) is 44.0 Å². The second kappa shape index (κ2) is 8.35. The van der Waals surface area contributed by atoms with Gasteiger partial charge in [0.15, 0.2) is 0 Å². The van der Waals surface area contributed by atoms with E-state index in [0.717, 1.165) is 31.9 Å². The van der Waals surface area contributed by atoms with E-state index in [-0.39, 0.29) is 11.4 Å². The summed E-state index contributed by atoms with van der Waals surface area (Å²) in [6.07, 6.45) is 0. The molecule has 1 aliphatic rings. The van der Waals surface area contributed by atoms with Crippen LogP contribution in [0, 0.1) is 11.6 Å². The molecule has 0 radical (unpaired) electrons. The van der Waals surface area contributed by atoms with Gasteiger partial charge in [0.25, 0.3) is 5.91 Å². The van der Waals surface area contributed by atoms with Crippen molar-refractivity contribution in [3.63, 3.8) is 0 Å². The van der Waals surface area contributed by atoms with Crippen LogP contribution in [0.3, 0.4) is 0 Å². The van der Waals surface area contributed by atoms with E-state index in [4.69, 9.17) is 0 Å². The molecule has 4 nitrogen and oxygen atoms in total. The summed E-state index contributed by atoms with van der Waals surface area (Å²) in [7, 11) is 2.07. The van der Waals surface area contributed by atoms with Gasteiger partial charge in [-0.1, -0.05) is 15.9 Å². The molecule has 0 spiro atoms. The Balaban J connectivity index is 1.82. The minimum absolute atomic E-state index is 0.0393. The topological polar surface area (TPSA) is 35.6 Å². The van der Waals surface area contributed by atoms with Gasteiger partial charge >= 0.3 is 0 Å². The fourth-order valence-electron chi connectivity index (χ4n) is 3.23. The van der Waals surface area contributed by atoms with Crippen LogP contribution >= 0.6 is 15.9 Å². The molecule has 0 saturated carbocycles. The molecule has 1 N–H and O–H groups in total. The third-order valence-corrected chi connectivity index (χ3v) is 5.32. The number of nitrogens with zero attached hydrogens (tertiary/aromatic N) is 2. The lowest BCUT2D eigenvalue weighted by Gasteiger charge is -2.36. The average molecular weight is 438 g/mol. The molecule has 3 rings (SSSR count).